The second-order valence-corrected chi connectivity index (χ2v) is 8.57. The van der Waals surface area contributed by atoms with Crippen LogP contribution in [0.1, 0.15) is 13.3 Å². The molecule has 0 aromatic rings. The summed E-state index contributed by atoms with van der Waals surface area (Å²) in [6, 6.07) is 0. The maximum atomic E-state index is 11.5. The van der Waals surface area contributed by atoms with Gasteiger partial charge in [-0.3, -0.25) is 0 Å². The summed E-state index contributed by atoms with van der Waals surface area (Å²) in [5.74, 6) is 0.0310. The Morgan fingerprint density at radius 1 is 1.50 bits per heavy atom. The lowest BCUT2D eigenvalue weighted by Gasteiger charge is -2.13. The molecule has 1 aliphatic heterocycles. The van der Waals surface area contributed by atoms with E-state index in [1.54, 1.807) is 0 Å². The highest BCUT2D eigenvalue weighted by Crippen LogP contribution is 2.17. The van der Waals surface area contributed by atoms with Crippen molar-refractivity contribution in [2.45, 2.75) is 18.6 Å². The van der Waals surface area contributed by atoms with Gasteiger partial charge in [-0.1, -0.05) is 0 Å². The third-order valence-electron chi connectivity index (χ3n) is 2.69. The fraction of sp³-hybridized carbons (Fsp3) is 1.00. The first-order valence-electron chi connectivity index (χ1n) is 5.06. The van der Waals surface area contributed by atoms with Crippen LogP contribution in [0.15, 0.2) is 0 Å². The standard InChI is InChI=1S/C8H17NO5S2/c1-7(5-10)16(13,14)9-4-8-2-3-15(11,12)6-8/h7-10H,2-6H2,1H3. The molecule has 2 N–H and O–H groups in total. The summed E-state index contributed by atoms with van der Waals surface area (Å²) in [5.41, 5.74) is 0. The monoisotopic (exact) mass is 271 g/mol. The van der Waals surface area contributed by atoms with Gasteiger partial charge in [-0.2, -0.15) is 0 Å². The predicted octanol–water partition coefficient (Wildman–Crippen LogP) is -1.28. The maximum Gasteiger partial charge on any atom is 0.216 e. The van der Waals surface area contributed by atoms with Gasteiger partial charge in [-0.25, -0.2) is 21.6 Å². The highest BCUT2D eigenvalue weighted by atomic mass is 32.2. The van der Waals surface area contributed by atoms with Crippen LogP contribution in [-0.2, 0) is 19.9 Å². The van der Waals surface area contributed by atoms with Crippen LogP contribution in [0.4, 0.5) is 0 Å². The second kappa shape index (κ2) is 4.99. The normalized spacial score (nSPS) is 26.8. The molecule has 2 unspecified atom stereocenters. The van der Waals surface area contributed by atoms with Crippen LogP contribution in [0.3, 0.4) is 0 Å². The summed E-state index contributed by atoms with van der Waals surface area (Å²) < 4.78 is 47.5. The summed E-state index contributed by atoms with van der Waals surface area (Å²) in [6.45, 7) is 1.08. The van der Waals surface area contributed by atoms with Gasteiger partial charge in [0.05, 0.1) is 23.4 Å². The summed E-state index contributed by atoms with van der Waals surface area (Å²) in [5, 5.41) is 7.86. The lowest BCUT2D eigenvalue weighted by molar-refractivity contribution is 0.294. The van der Waals surface area contributed by atoms with Crippen molar-refractivity contribution in [3.63, 3.8) is 0 Å². The van der Waals surface area contributed by atoms with E-state index in [1.165, 1.54) is 6.92 Å². The molecule has 1 heterocycles. The Bertz CT molecular complexity index is 427. The minimum Gasteiger partial charge on any atom is -0.395 e. The van der Waals surface area contributed by atoms with Crippen molar-refractivity contribution in [1.82, 2.24) is 4.72 Å². The smallest absolute Gasteiger partial charge is 0.216 e. The van der Waals surface area contributed by atoms with Crippen molar-refractivity contribution in [2.75, 3.05) is 24.7 Å². The van der Waals surface area contributed by atoms with Crippen molar-refractivity contribution >= 4 is 19.9 Å². The minimum absolute atomic E-state index is 0.0447. The topological polar surface area (TPSA) is 101 Å². The third-order valence-corrected chi connectivity index (χ3v) is 6.30. The molecule has 6 nitrogen and oxygen atoms in total. The average molecular weight is 271 g/mol. The summed E-state index contributed by atoms with van der Waals surface area (Å²) in [4.78, 5) is 0. The first-order valence-corrected chi connectivity index (χ1v) is 8.43. The zero-order chi connectivity index (χ0) is 12.4. The molecular weight excluding hydrogens is 254 g/mol. The molecule has 1 aliphatic rings. The minimum atomic E-state index is -3.53. The number of nitrogens with one attached hydrogen (secondary N) is 1. The molecular formula is C8H17NO5S2. The zero-order valence-corrected chi connectivity index (χ0v) is 10.7. The van der Waals surface area contributed by atoms with Crippen LogP contribution in [0.2, 0.25) is 0 Å². The molecule has 0 bridgehead atoms. The van der Waals surface area contributed by atoms with Gasteiger partial charge in [0.2, 0.25) is 10.0 Å². The van der Waals surface area contributed by atoms with E-state index < -0.39 is 31.7 Å². The number of hydrogen-bond donors (Lipinski definition) is 2. The van der Waals surface area contributed by atoms with Gasteiger partial charge in [-0.15, -0.1) is 0 Å². The van der Waals surface area contributed by atoms with E-state index in [9.17, 15) is 16.8 Å². The van der Waals surface area contributed by atoms with Crippen molar-refractivity contribution < 1.29 is 21.9 Å². The number of sulfone groups is 1. The molecule has 0 amide bonds. The van der Waals surface area contributed by atoms with Gasteiger partial charge in [0.25, 0.3) is 0 Å². The van der Waals surface area contributed by atoms with Gasteiger partial charge in [0, 0.05) is 6.54 Å². The molecule has 8 heteroatoms. The summed E-state index contributed by atoms with van der Waals surface area (Å²) in [6.07, 6.45) is 0.498. The molecule has 0 spiro atoms. The van der Waals surface area contributed by atoms with Crippen LogP contribution in [0.5, 0.6) is 0 Å². The molecule has 2 atom stereocenters. The Morgan fingerprint density at radius 2 is 2.12 bits per heavy atom. The summed E-state index contributed by atoms with van der Waals surface area (Å²) >= 11 is 0. The van der Waals surface area contributed by atoms with E-state index in [-0.39, 0.29) is 24.0 Å². The molecule has 0 aromatic carbocycles. The largest absolute Gasteiger partial charge is 0.395 e. The maximum absolute atomic E-state index is 11.5. The Balaban J connectivity index is 2.48. The van der Waals surface area contributed by atoms with Crippen molar-refractivity contribution in [3.05, 3.63) is 0 Å². The number of hydrogen-bond acceptors (Lipinski definition) is 5. The van der Waals surface area contributed by atoms with Gasteiger partial charge in [-0.05, 0) is 19.3 Å². The molecule has 0 saturated carbocycles. The molecule has 1 rings (SSSR count). The quantitative estimate of drug-likeness (QED) is 0.649. The van der Waals surface area contributed by atoms with Crippen LogP contribution in [-0.4, -0.2) is 51.8 Å². The fourth-order valence-electron chi connectivity index (χ4n) is 1.51. The lowest BCUT2D eigenvalue weighted by Crippen LogP contribution is -2.37. The van der Waals surface area contributed by atoms with Gasteiger partial charge in [0.15, 0.2) is 9.84 Å². The van der Waals surface area contributed by atoms with Crippen molar-refractivity contribution in [2.24, 2.45) is 5.92 Å². The van der Waals surface area contributed by atoms with E-state index in [1.807, 2.05) is 0 Å². The number of aliphatic hydroxyl groups is 1. The first kappa shape index (κ1) is 13.9. The molecule has 0 radical (unpaired) electrons. The molecule has 1 fully saturated rings. The van der Waals surface area contributed by atoms with Crippen LogP contribution < -0.4 is 4.72 Å². The number of sulfonamides is 1. The Kier molecular flexibility index (Phi) is 4.33. The number of rotatable bonds is 5. The number of aliphatic hydroxyl groups excluding tert-OH is 1. The van der Waals surface area contributed by atoms with E-state index in [4.69, 9.17) is 5.11 Å². The molecule has 16 heavy (non-hydrogen) atoms. The van der Waals surface area contributed by atoms with E-state index >= 15 is 0 Å². The molecule has 1 saturated heterocycles. The third kappa shape index (κ3) is 3.69. The summed E-state index contributed by atoms with van der Waals surface area (Å²) in [7, 11) is -6.50. The zero-order valence-electron chi connectivity index (χ0n) is 9.09. The first-order chi connectivity index (χ1) is 7.27. The molecule has 96 valence electrons. The van der Waals surface area contributed by atoms with Gasteiger partial charge >= 0.3 is 0 Å². The highest BCUT2D eigenvalue weighted by Gasteiger charge is 2.29. The van der Waals surface area contributed by atoms with Crippen molar-refractivity contribution in [3.8, 4) is 0 Å². The lowest BCUT2D eigenvalue weighted by atomic mass is 10.1. The van der Waals surface area contributed by atoms with Gasteiger partial charge in [0.1, 0.15) is 0 Å². The molecule has 0 aromatic heterocycles. The predicted molar refractivity (Wildman–Crippen MR) is 60.2 cm³/mol. The molecule has 0 aliphatic carbocycles. The van der Waals surface area contributed by atoms with E-state index in [0.717, 1.165) is 0 Å². The fourth-order valence-corrected chi connectivity index (χ4v) is 4.32. The van der Waals surface area contributed by atoms with Gasteiger partial charge < -0.3 is 5.11 Å². The van der Waals surface area contributed by atoms with E-state index in [2.05, 4.69) is 4.72 Å². The Hall–Kier alpha value is -0.180. The SMILES string of the molecule is CC(CO)S(=O)(=O)NCC1CCS(=O)(=O)C1. The average Bonchev–Trinajstić information content (AvgIpc) is 2.54. The van der Waals surface area contributed by atoms with Crippen LogP contribution in [0, 0.1) is 5.92 Å². The van der Waals surface area contributed by atoms with E-state index in [0.29, 0.717) is 6.42 Å². The van der Waals surface area contributed by atoms with Crippen molar-refractivity contribution in [1.29, 1.82) is 0 Å². The second-order valence-electron chi connectivity index (χ2n) is 4.16. The Labute approximate surface area is 96.0 Å². The van der Waals surface area contributed by atoms with Crippen LogP contribution in [0.25, 0.3) is 0 Å². The van der Waals surface area contributed by atoms with Crippen LogP contribution >= 0.6 is 0 Å². The highest BCUT2D eigenvalue weighted by molar-refractivity contribution is 7.91. The Morgan fingerprint density at radius 3 is 2.56 bits per heavy atom.